The Morgan fingerprint density at radius 2 is 2.04 bits per heavy atom. The molecule has 1 aliphatic rings. The van der Waals surface area contributed by atoms with Crippen LogP contribution >= 0.6 is 23.4 Å². The van der Waals surface area contributed by atoms with Crippen molar-refractivity contribution in [1.29, 1.82) is 0 Å². The number of ether oxygens (including phenoxy) is 1. The van der Waals surface area contributed by atoms with Gasteiger partial charge in [-0.05, 0) is 42.3 Å². The molecule has 3 atom stereocenters. The molecule has 0 amide bonds. The van der Waals surface area contributed by atoms with E-state index >= 15 is 0 Å². The molecule has 2 aromatic carbocycles. The van der Waals surface area contributed by atoms with Crippen molar-refractivity contribution in [2.24, 2.45) is 0 Å². The fourth-order valence-electron chi connectivity index (χ4n) is 2.95. The molecule has 134 valence electrons. The zero-order valence-corrected chi connectivity index (χ0v) is 15.1. The Morgan fingerprint density at radius 3 is 2.80 bits per heavy atom. The van der Waals surface area contributed by atoms with Crippen LogP contribution in [0.1, 0.15) is 24.0 Å². The summed E-state index contributed by atoms with van der Waals surface area (Å²) in [6.45, 7) is 0.0123. The van der Waals surface area contributed by atoms with E-state index in [9.17, 15) is 14.6 Å². The molecule has 25 heavy (non-hydrogen) atoms. The second-order valence-corrected chi connectivity index (χ2v) is 8.07. The molecule has 1 heterocycles. The van der Waals surface area contributed by atoms with Crippen LogP contribution in [0.3, 0.4) is 0 Å². The minimum atomic E-state index is -0.484. The van der Waals surface area contributed by atoms with Gasteiger partial charge in [0.25, 0.3) is 0 Å². The predicted molar refractivity (Wildman–Crippen MR) is 98.8 cm³/mol. The molecule has 6 heteroatoms. The SMILES string of the molecule is OCC1CC(O)C[C@H](Oc2ccc(Cl)cc2Cc2cccc(F)c2)S1. The minimum absolute atomic E-state index is 0.0123. The lowest BCUT2D eigenvalue weighted by atomic mass is 10.0. The third-order valence-electron chi connectivity index (χ3n) is 4.11. The average Bonchev–Trinajstić information content (AvgIpc) is 2.57. The van der Waals surface area contributed by atoms with Gasteiger partial charge in [-0.15, -0.1) is 11.8 Å². The number of hydrogen-bond donors (Lipinski definition) is 2. The third-order valence-corrected chi connectivity index (χ3v) is 5.67. The lowest BCUT2D eigenvalue weighted by Gasteiger charge is -2.31. The summed E-state index contributed by atoms with van der Waals surface area (Å²) < 4.78 is 19.5. The Bertz CT molecular complexity index is 728. The molecule has 1 saturated heterocycles. The Morgan fingerprint density at radius 1 is 1.20 bits per heavy atom. The molecule has 2 N–H and O–H groups in total. The van der Waals surface area contributed by atoms with Gasteiger partial charge in [0.15, 0.2) is 0 Å². The van der Waals surface area contributed by atoms with Gasteiger partial charge in [-0.1, -0.05) is 23.7 Å². The number of aliphatic hydroxyl groups is 2. The van der Waals surface area contributed by atoms with Crippen LogP contribution in [-0.2, 0) is 6.42 Å². The molecule has 2 unspecified atom stereocenters. The highest BCUT2D eigenvalue weighted by Crippen LogP contribution is 2.35. The van der Waals surface area contributed by atoms with E-state index in [2.05, 4.69) is 0 Å². The summed E-state index contributed by atoms with van der Waals surface area (Å²) in [5.41, 5.74) is 1.45. The van der Waals surface area contributed by atoms with Crippen molar-refractivity contribution < 1.29 is 19.3 Å². The van der Waals surface area contributed by atoms with Gasteiger partial charge in [0.1, 0.15) is 17.0 Å². The van der Waals surface area contributed by atoms with E-state index in [1.54, 1.807) is 18.2 Å². The summed E-state index contributed by atoms with van der Waals surface area (Å²) in [5, 5.41) is 19.9. The van der Waals surface area contributed by atoms with Crippen molar-refractivity contribution in [2.75, 3.05) is 6.61 Å². The fourth-order valence-corrected chi connectivity index (χ4v) is 4.49. The molecule has 3 rings (SSSR count). The number of thioether (sulfide) groups is 1. The lowest BCUT2D eigenvalue weighted by Crippen LogP contribution is -2.33. The number of benzene rings is 2. The van der Waals surface area contributed by atoms with Gasteiger partial charge >= 0.3 is 0 Å². The summed E-state index contributed by atoms with van der Waals surface area (Å²) in [6, 6.07) is 11.8. The quantitative estimate of drug-likeness (QED) is 0.819. The van der Waals surface area contributed by atoms with E-state index in [0.717, 1.165) is 11.1 Å². The van der Waals surface area contributed by atoms with Crippen molar-refractivity contribution in [3.63, 3.8) is 0 Å². The van der Waals surface area contributed by atoms with E-state index in [-0.39, 0.29) is 23.1 Å². The molecule has 0 bridgehead atoms. The molecule has 0 aliphatic carbocycles. The Balaban J connectivity index is 1.79. The van der Waals surface area contributed by atoms with Crippen LogP contribution in [-0.4, -0.2) is 33.6 Å². The first-order chi connectivity index (χ1) is 12.0. The molecule has 1 aliphatic heterocycles. The molecule has 0 spiro atoms. The second kappa shape index (κ2) is 8.41. The number of aliphatic hydroxyl groups excluding tert-OH is 2. The normalized spacial score (nSPS) is 23.4. The molecular weight excluding hydrogens is 363 g/mol. The van der Waals surface area contributed by atoms with Crippen molar-refractivity contribution in [2.45, 2.75) is 36.1 Å². The van der Waals surface area contributed by atoms with Crippen molar-refractivity contribution >= 4 is 23.4 Å². The minimum Gasteiger partial charge on any atom is -0.479 e. The van der Waals surface area contributed by atoms with E-state index in [0.29, 0.717) is 30.0 Å². The second-order valence-electron chi connectivity index (χ2n) is 6.17. The summed E-state index contributed by atoms with van der Waals surface area (Å²) in [5.74, 6) is 0.385. The first kappa shape index (κ1) is 18.5. The van der Waals surface area contributed by atoms with Gasteiger partial charge in [-0.3, -0.25) is 0 Å². The highest BCUT2D eigenvalue weighted by molar-refractivity contribution is 8.00. The first-order valence-electron chi connectivity index (χ1n) is 8.17. The zero-order chi connectivity index (χ0) is 17.8. The van der Waals surface area contributed by atoms with Gasteiger partial charge in [0.2, 0.25) is 0 Å². The van der Waals surface area contributed by atoms with E-state index in [4.69, 9.17) is 16.3 Å². The average molecular weight is 383 g/mol. The summed E-state index contributed by atoms with van der Waals surface area (Å²) in [7, 11) is 0. The molecular formula is C19H20ClFO3S. The maximum absolute atomic E-state index is 13.4. The van der Waals surface area contributed by atoms with Crippen molar-refractivity contribution in [3.05, 3.63) is 64.4 Å². The van der Waals surface area contributed by atoms with Crippen LogP contribution in [0, 0.1) is 5.82 Å². The number of halogens is 2. The van der Waals surface area contributed by atoms with Crippen LogP contribution in [0.15, 0.2) is 42.5 Å². The molecule has 1 fully saturated rings. The highest BCUT2D eigenvalue weighted by atomic mass is 35.5. The highest BCUT2D eigenvalue weighted by Gasteiger charge is 2.29. The van der Waals surface area contributed by atoms with Crippen LogP contribution in [0.4, 0.5) is 4.39 Å². The van der Waals surface area contributed by atoms with Gasteiger partial charge in [-0.2, -0.15) is 0 Å². The molecule has 3 nitrogen and oxygen atoms in total. The number of hydrogen-bond acceptors (Lipinski definition) is 4. The topological polar surface area (TPSA) is 49.7 Å². The maximum atomic E-state index is 13.4. The summed E-state index contributed by atoms with van der Waals surface area (Å²) in [6.07, 6.45) is 1.08. The van der Waals surface area contributed by atoms with Gasteiger partial charge < -0.3 is 14.9 Å². The molecule has 0 radical (unpaired) electrons. The monoisotopic (exact) mass is 382 g/mol. The summed E-state index contributed by atoms with van der Waals surface area (Å²) >= 11 is 7.64. The Kier molecular flexibility index (Phi) is 6.23. The van der Waals surface area contributed by atoms with Crippen LogP contribution in [0.2, 0.25) is 5.02 Å². The van der Waals surface area contributed by atoms with Crippen LogP contribution < -0.4 is 4.74 Å². The third kappa shape index (κ3) is 5.11. The largest absolute Gasteiger partial charge is 0.479 e. The van der Waals surface area contributed by atoms with E-state index < -0.39 is 6.10 Å². The molecule has 0 saturated carbocycles. The molecule has 2 aromatic rings. The van der Waals surface area contributed by atoms with Gasteiger partial charge in [-0.25, -0.2) is 4.39 Å². The number of rotatable bonds is 5. The standard InChI is InChI=1S/C19H20ClFO3S/c20-14-4-5-18(24-19-10-16(23)9-17(11-22)25-19)13(8-14)6-12-2-1-3-15(21)7-12/h1-5,7-8,16-17,19,22-23H,6,9-11H2/t16?,17?,19-/m1/s1. The zero-order valence-electron chi connectivity index (χ0n) is 13.6. The predicted octanol–water partition coefficient (Wildman–Crippen LogP) is 4.02. The Labute approximate surface area is 155 Å². The smallest absolute Gasteiger partial charge is 0.147 e. The fraction of sp³-hybridized carbons (Fsp3) is 0.368. The Hall–Kier alpha value is -1.27. The maximum Gasteiger partial charge on any atom is 0.147 e. The van der Waals surface area contributed by atoms with Crippen molar-refractivity contribution in [1.82, 2.24) is 0 Å². The van der Waals surface area contributed by atoms with Crippen LogP contribution in [0.25, 0.3) is 0 Å². The van der Waals surface area contributed by atoms with Crippen LogP contribution in [0.5, 0.6) is 5.75 Å². The molecule has 0 aromatic heterocycles. The van der Waals surface area contributed by atoms with Gasteiger partial charge in [0.05, 0.1) is 12.7 Å². The van der Waals surface area contributed by atoms with Gasteiger partial charge in [0, 0.05) is 28.7 Å². The lowest BCUT2D eigenvalue weighted by molar-refractivity contribution is 0.104. The van der Waals surface area contributed by atoms with E-state index in [1.807, 2.05) is 12.1 Å². The summed E-state index contributed by atoms with van der Waals surface area (Å²) in [4.78, 5) is 0. The first-order valence-corrected chi connectivity index (χ1v) is 9.49. The van der Waals surface area contributed by atoms with Crippen molar-refractivity contribution in [3.8, 4) is 5.75 Å². The van der Waals surface area contributed by atoms with E-state index in [1.165, 1.54) is 23.9 Å².